The van der Waals surface area contributed by atoms with Gasteiger partial charge in [0, 0.05) is 16.9 Å². The Hall–Kier alpha value is -3.60. The fourth-order valence-electron chi connectivity index (χ4n) is 3.35. The first-order valence-corrected chi connectivity index (χ1v) is 8.49. The number of hydrogen-bond donors (Lipinski definition) is 2. The Bertz CT molecular complexity index is 1120. The van der Waals surface area contributed by atoms with Gasteiger partial charge in [-0.1, -0.05) is 36.4 Å². The lowest BCUT2D eigenvalue weighted by Gasteiger charge is -2.15. The van der Waals surface area contributed by atoms with Crippen LogP contribution in [-0.2, 0) is 6.54 Å². The number of nitrogens with one attached hydrogen (secondary N) is 2. The second kappa shape index (κ2) is 5.74. The van der Waals surface area contributed by atoms with E-state index in [1.54, 1.807) is 4.90 Å². The summed E-state index contributed by atoms with van der Waals surface area (Å²) in [5.41, 5.74) is 5.43. The van der Waals surface area contributed by atoms with E-state index in [0.29, 0.717) is 12.5 Å². The number of imidazole rings is 1. The Morgan fingerprint density at radius 2 is 1.77 bits per heavy atom. The maximum atomic E-state index is 12.7. The van der Waals surface area contributed by atoms with E-state index in [1.807, 2.05) is 72.8 Å². The summed E-state index contributed by atoms with van der Waals surface area (Å²) in [7, 11) is 0. The van der Waals surface area contributed by atoms with Gasteiger partial charge in [0.05, 0.1) is 17.6 Å². The van der Waals surface area contributed by atoms with Crippen LogP contribution < -0.4 is 10.2 Å². The van der Waals surface area contributed by atoms with Gasteiger partial charge in [0.2, 0.25) is 5.95 Å². The highest BCUT2D eigenvalue weighted by molar-refractivity contribution is 6.10. The minimum atomic E-state index is 0.0436. The van der Waals surface area contributed by atoms with E-state index in [2.05, 4.69) is 15.3 Å². The Labute approximate surface area is 150 Å². The number of nitrogens with zero attached hydrogens (tertiary/aromatic N) is 2. The molecule has 2 heterocycles. The molecular weight excluding hydrogens is 324 g/mol. The van der Waals surface area contributed by atoms with Crippen molar-refractivity contribution in [2.24, 2.45) is 0 Å². The van der Waals surface area contributed by atoms with Crippen LogP contribution in [0.25, 0.3) is 11.0 Å². The summed E-state index contributed by atoms with van der Waals surface area (Å²) >= 11 is 0. The molecule has 0 saturated heterocycles. The SMILES string of the molecule is O=C1c2ccccc2CN1c1ccc2nc(Nc3ccccc3)[nH]c2c1. The van der Waals surface area contributed by atoms with Crippen molar-refractivity contribution in [3.8, 4) is 0 Å². The van der Waals surface area contributed by atoms with Crippen molar-refractivity contribution in [1.82, 2.24) is 9.97 Å². The third-order valence-corrected chi connectivity index (χ3v) is 4.64. The summed E-state index contributed by atoms with van der Waals surface area (Å²) < 4.78 is 0. The Kier molecular flexibility index (Phi) is 3.25. The van der Waals surface area contributed by atoms with Crippen LogP contribution in [0.1, 0.15) is 15.9 Å². The Morgan fingerprint density at radius 1 is 0.962 bits per heavy atom. The van der Waals surface area contributed by atoms with Gasteiger partial charge in [-0.2, -0.15) is 0 Å². The fraction of sp³-hybridized carbons (Fsp3) is 0.0476. The summed E-state index contributed by atoms with van der Waals surface area (Å²) in [5.74, 6) is 0.724. The molecule has 5 nitrogen and oxygen atoms in total. The average molecular weight is 340 g/mol. The van der Waals surface area contributed by atoms with E-state index >= 15 is 0 Å². The van der Waals surface area contributed by atoms with Gasteiger partial charge in [-0.25, -0.2) is 4.98 Å². The standard InChI is InChI=1S/C21H16N4O/c26-20-17-9-5-4-6-14(17)13-25(20)16-10-11-18-19(12-16)24-21(23-18)22-15-7-2-1-3-8-15/h1-12H,13H2,(H2,22,23,24). The van der Waals surface area contributed by atoms with Crippen molar-refractivity contribution in [2.75, 3.05) is 10.2 Å². The lowest BCUT2D eigenvalue weighted by Crippen LogP contribution is -2.22. The molecule has 0 radical (unpaired) electrons. The smallest absolute Gasteiger partial charge is 0.258 e. The number of benzene rings is 3. The fourth-order valence-corrected chi connectivity index (χ4v) is 3.35. The van der Waals surface area contributed by atoms with Crippen LogP contribution in [0.15, 0.2) is 72.8 Å². The van der Waals surface area contributed by atoms with Crippen LogP contribution in [0.3, 0.4) is 0 Å². The Balaban J connectivity index is 1.46. The maximum absolute atomic E-state index is 12.7. The number of hydrogen-bond acceptors (Lipinski definition) is 3. The highest BCUT2D eigenvalue weighted by Gasteiger charge is 2.28. The first-order valence-electron chi connectivity index (χ1n) is 8.49. The minimum Gasteiger partial charge on any atom is -0.326 e. The van der Waals surface area contributed by atoms with Crippen molar-refractivity contribution < 1.29 is 4.79 Å². The number of rotatable bonds is 3. The van der Waals surface area contributed by atoms with Gasteiger partial charge in [-0.05, 0) is 42.0 Å². The lowest BCUT2D eigenvalue weighted by molar-refractivity contribution is 0.0996. The predicted molar refractivity (Wildman–Crippen MR) is 103 cm³/mol. The van der Waals surface area contributed by atoms with Crippen LogP contribution in [-0.4, -0.2) is 15.9 Å². The quantitative estimate of drug-likeness (QED) is 0.578. The van der Waals surface area contributed by atoms with Gasteiger partial charge < -0.3 is 15.2 Å². The molecule has 1 aliphatic heterocycles. The molecule has 1 aliphatic rings. The number of carbonyl (C=O) groups excluding carboxylic acids is 1. The first kappa shape index (κ1) is 14.7. The topological polar surface area (TPSA) is 61.0 Å². The molecule has 5 rings (SSSR count). The van der Waals surface area contributed by atoms with Gasteiger partial charge in [0.25, 0.3) is 5.91 Å². The molecule has 4 aromatic rings. The van der Waals surface area contributed by atoms with E-state index in [4.69, 9.17) is 0 Å². The molecular formula is C21H16N4O. The lowest BCUT2D eigenvalue weighted by atomic mass is 10.1. The number of carbonyl (C=O) groups is 1. The van der Waals surface area contributed by atoms with Gasteiger partial charge in [0.1, 0.15) is 0 Å². The van der Waals surface area contributed by atoms with E-state index < -0.39 is 0 Å². The zero-order valence-corrected chi connectivity index (χ0v) is 13.9. The Morgan fingerprint density at radius 3 is 2.62 bits per heavy atom. The van der Waals surface area contributed by atoms with E-state index in [1.165, 1.54) is 0 Å². The van der Waals surface area contributed by atoms with E-state index in [-0.39, 0.29) is 5.91 Å². The van der Waals surface area contributed by atoms with Crippen molar-refractivity contribution >= 4 is 34.3 Å². The number of para-hydroxylation sites is 1. The third kappa shape index (κ3) is 2.41. The third-order valence-electron chi connectivity index (χ3n) is 4.64. The minimum absolute atomic E-state index is 0.0436. The highest BCUT2D eigenvalue weighted by Crippen LogP contribution is 2.30. The summed E-state index contributed by atoms with van der Waals surface area (Å²) in [5, 5.41) is 3.26. The molecule has 1 amide bonds. The molecule has 0 saturated carbocycles. The molecule has 0 spiro atoms. The normalized spacial score (nSPS) is 13.2. The molecule has 126 valence electrons. The zero-order chi connectivity index (χ0) is 17.5. The van der Waals surface area contributed by atoms with E-state index in [0.717, 1.165) is 33.5 Å². The number of amides is 1. The monoisotopic (exact) mass is 340 g/mol. The number of anilines is 3. The molecule has 2 N–H and O–H groups in total. The van der Waals surface area contributed by atoms with Gasteiger partial charge in [0.15, 0.2) is 0 Å². The van der Waals surface area contributed by atoms with Crippen LogP contribution in [0.4, 0.5) is 17.3 Å². The molecule has 1 aromatic heterocycles. The summed E-state index contributed by atoms with van der Waals surface area (Å²) in [4.78, 5) is 22.3. The van der Waals surface area contributed by atoms with Crippen molar-refractivity contribution in [2.45, 2.75) is 6.54 Å². The average Bonchev–Trinajstić information content (AvgIpc) is 3.22. The van der Waals surface area contributed by atoms with Crippen molar-refractivity contribution in [3.63, 3.8) is 0 Å². The van der Waals surface area contributed by atoms with Gasteiger partial charge >= 0.3 is 0 Å². The zero-order valence-electron chi connectivity index (χ0n) is 13.9. The van der Waals surface area contributed by atoms with Gasteiger partial charge in [-0.15, -0.1) is 0 Å². The molecule has 0 fully saturated rings. The van der Waals surface area contributed by atoms with Crippen molar-refractivity contribution in [1.29, 1.82) is 0 Å². The molecule has 0 aliphatic carbocycles. The molecule has 0 atom stereocenters. The second-order valence-corrected chi connectivity index (χ2v) is 6.33. The number of fused-ring (bicyclic) bond motifs is 2. The van der Waals surface area contributed by atoms with Crippen LogP contribution in [0, 0.1) is 0 Å². The molecule has 26 heavy (non-hydrogen) atoms. The van der Waals surface area contributed by atoms with Crippen LogP contribution in [0.2, 0.25) is 0 Å². The molecule has 3 aromatic carbocycles. The summed E-state index contributed by atoms with van der Waals surface area (Å²) in [6.07, 6.45) is 0. The predicted octanol–water partition coefficient (Wildman–Crippen LogP) is 4.47. The second-order valence-electron chi connectivity index (χ2n) is 6.33. The summed E-state index contributed by atoms with van der Waals surface area (Å²) in [6.45, 7) is 0.601. The summed E-state index contributed by atoms with van der Waals surface area (Å²) in [6, 6.07) is 23.5. The van der Waals surface area contributed by atoms with Gasteiger partial charge in [-0.3, -0.25) is 4.79 Å². The largest absolute Gasteiger partial charge is 0.326 e. The van der Waals surface area contributed by atoms with Crippen LogP contribution in [0.5, 0.6) is 0 Å². The number of aromatic nitrogens is 2. The highest BCUT2D eigenvalue weighted by atomic mass is 16.2. The maximum Gasteiger partial charge on any atom is 0.258 e. The van der Waals surface area contributed by atoms with Crippen molar-refractivity contribution in [3.05, 3.63) is 83.9 Å². The number of H-pyrrole nitrogens is 1. The first-order chi connectivity index (χ1) is 12.8. The molecule has 0 unspecified atom stereocenters. The molecule has 5 heteroatoms. The van der Waals surface area contributed by atoms with E-state index in [9.17, 15) is 4.79 Å². The molecule has 0 bridgehead atoms. The van der Waals surface area contributed by atoms with Crippen LogP contribution >= 0.6 is 0 Å². The number of aromatic amines is 1.